The number of amides is 1. The van der Waals surface area contributed by atoms with Crippen molar-refractivity contribution < 1.29 is 22.8 Å². The molecule has 0 heterocycles. The van der Waals surface area contributed by atoms with Crippen LogP contribution in [0.25, 0.3) is 0 Å². The van der Waals surface area contributed by atoms with Crippen LogP contribution in [0.5, 0.6) is 0 Å². The molecule has 0 saturated carbocycles. The van der Waals surface area contributed by atoms with Gasteiger partial charge >= 0.3 is 6.18 Å². The van der Waals surface area contributed by atoms with E-state index in [9.17, 15) is 22.8 Å². The Morgan fingerprint density at radius 1 is 1.35 bits per heavy atom. The molecular weight excluding hydrogens is 271 g/mol. The number of alkyl halides is 3. The van der Waals surface area contributed by atoms with Crippen molar-refractivity contribution in [2.45, 2.75) is 19.5 Å². The van der Waals surface area contributed by atoms with Crippen molar-refractivity contribution in [2.75, 3.05) is 6.54 Å². The van der Waals surface area contributed by atoms with Crippen LogP contribution in [0.2, 0.25) is 0 Å². The van der Waals surface area contributed by atoms with Gasteiger partial charge in [-0.15, -0.1) is 0 Å². The molecule has 3 nitrogen and oxygen atoms in total. The van der Waals surface area contributed by atoms with Crippen LogP contribution in [0.15, 0.2) is 18.2 Å². The highest BCUT2D eigenvalue weighted by atomic mass is 19.4. The maximum atomic E-state index is 12.6. The standard InChI is InChI=1S/C14H12F3NO2/c1-10(20)18-5-3-2-4-11-6-12(9-19)8-13(7-11)14(15,16)17/h6-9H,3,5H2,1H3,(H,18,20). The molecule has 0 aliphatic rings. The molecule has 0 aliphatic heterocycles. The van der Waals surface area contributed by atoms with Gasteiger partial charge in [0.05, 0.1) is 5.56 Å². The summed E-state index contributed by atoms with van der Waals surface area (Å²) in [5.74, 6) is 4.98. The number of aldehydes is 1. The minimum atomic E-state index is -4.52. The molecule has 0 fully saturated rings. The number of rotatable bonds is 3. The number of carbonyl (C=O) groups is 2. The molecule has 1 amide bonds. The summed E-state index contributed by atoms with van der Waals surface area (Å²) < 4.78 is 37.8. The van der Waals surface area contributed by atoms with Crippen LogP contribution in [0.3, 0.4) is 0 Å². The molecular formula is C14H12F3NO2. The van der Waals surface area contributed by atoms with Gasteiger partial charge in [0.2, 0.25) is 5.91 Å². The third-order valence-electron chi connectivity index (χ3n) is 2.28. The minimum Gasteiger partial charge on any atom is -0.355 e. The summed E-state index contributed by atoms with van der Waals surface area (Å²) in [6.45, 7) is 1.68. The first-order valence-corrected chi connectivity index (χ1v) is 5.73. The van der Waals surface area contributed by atoms with Crippen LogP contribution in [-0.4, -0.2) is 18.7 Å². The van der Waals surface area contributed by atoms with Gasteiger partial charge in [-0.3, -0.25) is 9.59 Å². The van der Waals surface area contributed by atoms with Gasteiger partial charge in [0.15, 0.2) is 0 Å². The first-order valence-electron chi connectivity index (χ1n) is 5.73. The lowest BCUT2D eigenvalue weighted by Gasteiger charge is -2.07. The molecule has 0 aromatic heterocycles. The SMILES string of the molecule is CC(=O)NCCC#Cc1cc(C=O)cc(C(F)(F)F)c1. The van der Waals surface area contributed by atoms with E-state index in [1.165, 1.54) is 13.0 Å². The summed E-state index contributed by atoms with van der Waals surface area (Å²) in [5.41, 5.74) is -0.871. The van der Waals surface area contributed by atoms with E-state index >= 15 is 0 Å². The Morgan fingerprint density at radius 2 is 2.05 bits per heavy atom. The van der Waals surface area contributed by atoms with Crippen LogP contribution < -0.4 is 5.32 Å². The van der Waals surface area contributed by atoms with Gasteiger partial charge in [-0.25, -0.2) is 0 Å². The van der Waals surface area contributed by atoms with E-state index in [0.29, 0.717) is 19.3 Å². The predicted octanol–water partition coefficient (Wildman–Crippen LogP) is 2.40. The monoisotopic (exact) mass is 283 g/mol. The molecule has 6 heteroatoms. The zero-order chi connectivity index (χ0) is 15.2. The van der Waals surface area contributed by atoms with E-state index in [1.54, 1.807) is 0 Å². The first-order chi connectivity index (χ1) is 9.32. The van der Waals surface area contributed by atoms with E-state index in [1.807, 2.05) is 0 Å². The van der Waals surface area contributed by atoms with Gasteiger partial charge in [-0.05, 0) is 18.2 Å². The van der Waals surface area contributed by atoms with Gasteiger partial charge in [0.25, 0.3) is 0 Å². The fraction of sp³-hybridized carbons (Fsp3) is 0.286. The number of hydrogen-bond acceptors (Lipinski definition) is 2. The Hall–Kier alpha value is -2.29. The van der Waals surface area contributed by atoms with Crippen LogP contribution >= 0.6 is 0 Å². The van der Waals surface area contributed by atoms with Crippen molar-refractivity contribution in [1.29, 1.82) is 0 Å². The second-order valence-electron chi connectivity index (χ2n) is 3.99. The third-order valence-corrected chi connectivity index (χ3v) is 2.28. The Morgan fingerprint density at radius 3 is 2.60 bits per heavy atom. The lowest BCUT2D eigenvalue weighted by atomic mass is 10.1. The molecule has 0 bridgehead atoms. The van der Waals surface area contributed by atoms with Gasteiger partial charge in [0.1, 0.15) is 6.29 Å². The van der Waals surface area contributed by atoms with E-state index in [4.69, 9.17) is 0 Å². The van der Waals surface area contributed by atoms with Crippen LogP contribution in [0.4, 0.5) is 13.2 Å². The predicted molar refractivity (Wildman–Crippen MR) is 67.0 cm³/mol. The Balaban J connectivity index is 2.87. The summed E-state index contributed by atoms with van der Waals surface area (Å²) in [6, 6.07) is 2.95. The van der Waals surface area contributed by atoms with Crippen LogP contribution in [-0.2, 0) is 11.0 Å². The molecule has 0 saturated heterocycles. The molecule has 1 aromatic carbocycles. The molecule has 1 N–H and O–H groups in total. The van der Waals surface area contributed by atoms with Crippen molar-refractivity contribution in [2.24, 2.45) is 0 Å². The van der Waals surface area contributed by atoms with Crippen LogP contribution in [0, 0.1) is 11.8 Å². The van der Waals surface area contributed by atoms with E-state index in [0.717, 1.165) is 12.1 Å². The normalized spacial score (nSPS) is 10.4. The fourth-order valence-corrected chi connectivity index (χ4v) is 1.42. The van der Waals surface area contributed by atoms with Crippen molar-refractivity contribution in [3.8, 4) is 11.8 Å². The van der Waals surface area contributed by atoms with Crippen molar-refractivity contribution in [1.82, 2.24) is 5.32 Å². The van der Waals surface area contributed by atoms with Gasteiger partial charge in [0, 0.05) is 31.0 Å². The van der Waals surface area contributed by atoms with Gasteiger partial charge < -0.3 is 5.32 Å². The average molecular weight is 283 g/mol. The highest BCUT2D eigenvalue weighted by Gasteiger charge is 2.31. The molecule has 1 rings (SSSR count). The molecule has 0 radical (unpaired) electrons. The van der Waals surface area contributed by atoms with Crippen molar-refractivity contribution >= 4 is 12.2 Å². The molecule has 106 valence electrons. The summed E-state index contributed by atoms with van der Waals surface area (Å²) in [4.78, 5) is 21.2. The van der Waals surface area contributed by atoms with Gasteiger partial charge in [-0.1, -0.05) is 11.8 Å². The lowest BCUT2D eigenvalue weighted by molar-refractivity contribution is -0.137. The quantitative estimate of drug-likeness (QED) is 0.526. The Bertz CT molecular complexity index is 568. The Kier molecular flexibility index (Phi) is 5.32. The van der Waals surface area contributed by atoms with E-state index in [-0.39, 0.29) is 17.0 Å². The second kappa shape index (κ2) is 6.75. The second-order valence-corrected chi connectivity index (χ2v) is 3.99. The number of benzene rings is 1. The summed E-state index contributed by atoms with van der Waals surface area (Å²) in [7, 11) is 0. The number of halogens is 3. The van der Waals surface area contributed by atoms with E-state index in [2.05, 4.69) is 17.2 Å². The van der Waals surface area contributed by atoms with E-state index < -0.39 is 11.7 Å². The van der Waals surface area contributed by atoms with Crippen molar-refractivity contribution in [3.63, 3.8) is 0 Å². The van der Waals surface area contributed by atoms with Crippen LogP contribution in [0.1, 0.15) is 34.8 Å². The number of hydrogen-bond donors (Lipinski definition) is 1. The number of carbonyl (C=O) groups excluding carboxylic acids is 2. The smallest absolute Gasteiger partial charge is 0.355 e. The molecule has 0 atom stereocenters. The Labute approximate surface area is 114 Å². The fourth-order valence-electron chi connectivity index (χ4n) is 1.42. The molecule has 20 heavy (non-hydrogen) atoms. The lowest BCUT2D eigenvalue weighted by Crippen LogP contribution is -2.20. The highest BCUT2D eigenvalue weighted by molar-refractivity contribution is 5.76. The van der Waals surface area contributed by atoms with Crippen molar-refractivity contribution in [3.05, 3.63) is 34.9 Å². The molecule has 1 aromatic rings. The summed E-state index contributed by atoms with van der Waals surface area (Å²) in [5, 5.41) is 2.51. The summed E-state index contributed by atoms with van der Waals surface area (Å²) in [6.07, 6.45) is -3.87. The first kappa shape index (κ1) is 15.8. The third kappa shape index (κ3) is 5.14. The zero-order valence-electron chi connectivity index (χ0n) is 10.7. The number of nitrogens with one attached hydrogen (secondary N) is 1. The maximum absolute atomic E-state index is 12.6. The minimum absolute atomic E-state index is 0.0778. The molecule has 0 unspecified atom stereocenters. The maximum Gasteiger partial charge on any atom is 0.416 e. The molecule has 0 spiro atoms. The topological polar surface area (TPSA) is 46.2 Å². The largest absolute Gasteiger partial charge is 0.416 e. The zero-order valence-corrected chi connectivity index (χ0v) is 10.7. The molecule has 0 aliphatic carbocycles. The van der Waals surface area contributed by atoms with Gasteiger partial charge in [-0.2, -0.15) is 13.2 Å². The summed E-state index contributed by atoms with van der Waals surface area (Å²) >= 11 is 0. The highest BCUT2D eigenvalue weighted by Crippen LogP contribution is 2.30. The average Bonchev–Trinajstić information content (AvgIpc) is 2.36.